The molecule has 2 aromatic rings. The molecule has 2 nitrogen and oxygen atoms in total. The number of aryl methyl sites for hydroxylation is 3. The Kier molecular flexibility index (Phi) is 4.13. The normalized spacial score (nSPS) is 10.5. The number of hydrogen-bond acceptors (Lipinski definition) is 2. The third-order valence-corrected chi connectivity index (χ3v) is 3.95. The minimum atomic E-state index is 0.487. The average Bonchev–Trinajstić information content (AvgIpc) is 2.34. The van der Waals surface area contributed by atoms with Crippen LogP contribution in [-0.4, -0.2) is 9.97 Å². The van der Waals surface area contributed by atoms with Crippen LogP contribution in [0, 0.1) is 6.92 Å². The number of hydrogen-bond donors (Lipinski definition) is 0. The molecule has 0 amide bonds. The molecule has 0 N–H and O–H groups in total. The lowest BCUT2D eigenvalue weighted by molar-refractivity contribution is 0.843. The minimum Gasteiger partial charge on any atom is -0.237 e. The van der Waals surface area contributed by atoms with Gasteiger partial charge in [-0.2, -0.15) is 0 Å². The summed E-state index contributed by atoms with van der Waals surface area (Å²) in [6.07, 6.45) is 1.73. The highest BCUT2D eigenvalue weighted by atomic mass is 79.9. The van der Waals surface area contributed by atoms with E-state index in [0.29, 0.717) is 5.15 Å². The Bertz CT molecular complexity index is 491. The first-order chi connectivity index (χ1) is 8.16. The van der Waals surface area contributed by atoms with E-state index in [0.717, 1.165) is 28.8 Å². The second-order valence-electron chi connectivity index (χ2n) is 3.82. The standard InChI is InChI=1S/C13H12BrClN2/c1-9-12(14)13(15)17-11(16-9)8-7-10-5-3-2-4-6-10/h2-6H,7-8H2,1H3. The number of rotatable bonds is 3. The van der Waals surface area contributed by atoms with Crippen molar-refractivity contribution in [2.75, 3.05) is 0 Å². The molecule has 0 aliphatic heterocycles. The molecule has 0 atom stereocenters. The van der Waals surface area contributed by atoms with Crippen LogP contribution in [0.1, 0.15) is 17.1 Å². The van der Waals surface area contributed by atoms with E-state index >= 15 is 0 Å². The van der Waals surface area contributed by atoms with Gasteiger partial charge in [-0.15, -0.1) is 0 Å². The lowest BCUT2D eigenvalue weighted by atomic mass is 10.1. The molecule has 0 fully saturated rings. The maximum absolute atomic E-state index is 6.00. The van der Waals surface area contributed by atoms with Crippen LogP contribution in [0.3, 0.4) is 0 Å². The molecule has 0 saturated heterocycles. The van der Waals surface area contributed by atoms with E-state index in [1.54, 1.807) is 0 Å². The zero-order chi connectivity index (χ0) is 12.3. The van der Waals surface area contributed by atoms with Gasteiger partial charge in [0.25, 0.3) is 0 Å². The van der Waals surface area contributed by atoms with Gasteiger partial charge in [0.05, 0.1) is 10.2 Å². The van der Waals surface area contributed by atoms with Crippen LogP contribution >= 0.6 is 27.5 Å². The zero-order valence-corrected chi connectivity index (χ0v) is 11.8. The summed E-state index contributed by atoms with van der Waals surface area (Å²) in [5.74, 6) is 0.791. The van der Waals surface area contributed by atoms with Crippen molar-refractivity contribution in [3.8, 4) is 0 Å². The van der Waals surface area contributed by atoms with Gasteiger partial charge in [0.1, 0.15) is 11.0 Å². The van der Waals surface area contributed by atoms with Crippen LogP contribution in [0.4, 0.5) is 0 Å². The Balaban J connectivity index is 2.10. The molecule has 2 rings (SSSR count). The second-order valence-corrected chi connectivity index (χ2v) is 4.97. The van der Waals surface area contributed by atoms with Gasteiger partial charge in [-0.1, -0.05) is 41.9 Å². The topological polar surface area (TPSA) is 25.8 Å². The highest BCUT2D eigenvalue weighted by Crippen LogP contribution is 2.22. The van der Waals surface area contributed by atoms with E-state index in [2.05, 4.69) is 38.0 Å². The number of halogens is 2. The Labute approximate surface area is 114 Å². The molecular formula is C13H12BrClN2. The van der Waals surface area contributed by atoms with Crippen molar-refractivity contribution in [2.24, 2.45) is 0 Å². The van der Waals surface area contributed by atoms with E-state index in [9.17, 15) is 0 Å². The first-order valence-corrected chi connectivity index (χ1v) is 6.56. The van der Waals surface area contributed by atoms with Gasteiger partial charge < -0.3 is 0 Å². The van der Waals surface area contributed by atoms with Crippen molar-refractivity contribution in [1.29, 1.82) is 0 Å². The molecule has 0 saturated carbocycles. The van der Waals surface area contributed by atoms with Gasteiger partial charge in [0.15, 0.2) is 0 Å². The first kappa shape index (κ1) is 12.5. The molecule has 0 bridgehead atoms. The van der Waals surface area contributed by atoms with E-state index in [4.69, 9.17) is 11.6 Å². The highest BCUT2D eigenvalue weighted by Gasteiger charge is 2.07. The molecule has 17 heavy (non-hydrogen) atoms. The Morgan fingerprint density at radius 3 is 2.47 bits per heavy atom. The summed E-state index contributed by atoms with van der Waals surface area (Å²) in [6, 6.07) is 10.3. The maximum Gasteiger partial charge on any atom is 0.147 e. The van der Waals surface area contributed by atoms with Crippen molar-refractivity contribution in [1.82, 2.24) is 9.97 Å². The van der Waals surface area contributed by atoms with Crippen molar-refractivity contribution in [3.05, 3.63) is 57.0 Å². The maximum atomic E-state index is 6.00. The molecule has 1 heterocycles. The minimum absolute atomic E-state index is 0.487. The van der Waals surface area contributed by atoms with Crippen molar-refractivity contribution >= 4 is 27.5 Å². The highest BCUT2D eigenvalue weighted by molar-refractivity contribution is 9.10. The molecule has 4 heteroatoms. The lowest BCUT2D eigenvalue weighted by Crippen LogP contribution is -2.01. The van der Waals surface area contributed by atoms with Gasteiger partial charge in [-0.25, -0.2) is 9.97 Å². The fourth-order valence-corrected chi connectivity index (χ4v) is 2.00. The van der Waals surface area contributed by atoms with Crippen LogP contribution in [0.25, 0.3) is 0 Å². The zero-order valence-electron chi connectivity index (χ0n) is 9.45. The molecule has 0 radical (unpaired) electrons. The molecule has 88 valence electrons. The smallest absolute Gasteiger partial charge is 0.147 e. The molecule has 1 aromatic carbocycles. The summed E-state index contributed by atoms with van der Waals surface area (Å²) < 4.78 is 0.780. The summed E-state index contributed by atoms with van der Waals surface area (Å²) in [4.78, 5) is 8.66. The Morgan fingerprint density at radius 1 is 1.12 bits per heavy atom. The van der Waals surface area contributed by atoms with Gasteiger partial charge in [-0.05, 0) is 34.8 Å². The monoisotopic (exact) mass is 310 g/mol. The van der Waals surface area contributed by atoms with Crippen molar-refractivity contribution in [2.45, 2.75) is 19.8 Å². The molecule has 0 spiro atoms. The fraction of sp³-hybridized carbons (Fsp3) is 0.231. The van der Waals surface area contributed by atoms with Crippen LogP contribution < -0.4 is 0 Å². The predicted octanol–water partition coefficient (Wildman–Crippen LogP) is 3.99. The molecule has 0 aliphatic carbocycles. The third-order valence-electron chi connectivity index (χ3n) is 2.50. The molecular weight excluding hydrogens is 300 g/mol. The third kappa shape index (κ3) is 3.27. The van der Waals surface area contributed by atoms with Crippen LogP contribution in [-0.2, 0) is 12.8 Å². The van der Waals surface area contributed by atoms with Gasteiger partial charge in [0.2, 0.25) is 0 Å². The van der Waals surface area contributed by atoms with Gasteiger partial charge >= 0.3 is 0 Å². The predicted molar refractivity (Wildman–Crippen MR) is 73.3 cm³/mol. The summed E-state index contributed by atoms with van der Waals surface area (Å²) in [5, 5.41) is 0.487. The van der Waals surface area contributed by atoms with Gasteiger partial charge in [-0.3, -0.25) is 0 Å². The van der Waals surface area contributed by atoms with E-state index in [1.165, 1.54) is 5.56 Å². The number of nitrogens with zero attached hydrogens (tertiary/aromatic N) is 2. The van der Waals surface area contributed by atoms with Crippen LogP contribution in [0.2, 0.25) is 5.15 Å². The van der Waals surface area contributed by atoms with Gasteiger partial charge in [0, 0.05) is 6.42 Å². The summed E-state index contributed by atoms with van der Waals surface area (Å²) in [7, 11) is 0. The fourth-order valence-electron chi connectivity index (χ4n) is 1.59. The van der Waals surface area contributed by atoms with Crippen LogP contribution in [0.15, 0.2) is 34.8 Å². The SMILES string of the molecule is Cc1nc(CCc2ccccc2)nc(Cl)c1Br. The average molecular weight is 312 g/mol. The Hall–Kier alpha value is -0.930. The number of aromatic nitrogens is 2. The second kappa shape index (κ2) is 5.61. The largest absolute Gasteiger partial charge is 0.237 e. The summed E-state index contributed by atoms with van der Waals surface area (Å²) in [5.41, 5.74) is 2.17. The van der Waals surface area contributed by atoms with Crippen LogP contribution in [0.5, 0.6) is 0 Å². The van der Waals surface area contributed by atoms with E-state index in [-0.39, 0.29) is 0 Å². The lowest BCUT2D eigenvalue weighted by Gasteiger charge is -2.05. The van der Waals surface area contributed by atoms with E-state index in [1.807, 2.05) is 25.1 Å². The molecule has 0 aliphatic rings. The van der Waals surface area contributed by atoms with E-state index < -0.39 is 0 Å². The molecule has 1 aromatic heterocycles. The van der Waals surface area contributed by atoms with Crippen molar-refractivity contribution < 1.29 is 0 Å². The molecule has 0 unspecified atom stereocenters. The Morgan fingerprint density at radius 2 is 1.82 bits per heavy atom. The summed E-state index contributed by atoms with van der Waals surface area (Å²) >= 11 is 9.36. The quantitative estimate of drug-likeness (QED) is 0.801. The number of benzene rings is 1. The first-order valence-electron chi connectivity index (χ1n) is 5.39. The van der Waals surface area contributed by atoms with Crippen molar-refractivity contribution in [3.63, 3.8) is 0 Å². The summed E-state index contributed by atoms with van der Waals surface area (Å²) in [6.45, 7) is 1.92.